The minimum absolute atomic E-state index is 0.0300. The zero-order chi connectivity index (χ0) is 14.4. The molecular weight excluding hydrogens is 254 g/mol. The molecule has 106 valence electrons. The summed E-state index contributed by atoms with van der Waals surface area (Å²) in [6, 6.07) is 11.8. The zero-order valence-corrected chi connectivity index (χ0v) is 11.6. The van der Waals surface area contributed by atoms with E-state index in [1.165, 1.54) is 6.26 Å². The number of anilines is 1. The fourth-order valence-electron chi connectivity index (χ4n) is 2.14. The Labute approximate surface area is 118 Å². The van der Waals surface area contributed by atoms with E-state index >= 15 is 0 Å². The molecular formula is C16H19NO3. The largest absolute Gasteiger partial charge is 0.475 e. The van der Waals surface area contributed by atoms with Crippen LogP contribution >= 0.6 is 0 Å². The van der Waals surface area contributed by atoms with Gasteiger partial charge in [-0.3, -0.25) is 0 Å². The molecule has 20 heavy (non-hydrogen) atoms. The Balaban J connectivity index is 2.19. The van der Waals surface area contributed by atoms with E-state index in [0.717, 1.165) is 25.1 Å². The van der Waals surface area contributed by atoms with E-state index < -0.39 is 5.97 Å². The van der Waals surface area contributed by atoms with Gasteiger partial charge in [0.2, 0.25) is 5.76 Å². The lowest BCUT2D eigenvalue weighted by Crippen LogP contribution is -2.24. The van der Waals surface area contributed by atoms with E-state index in [2.05, 4.69) is 11.8 Å². The highest BCUT2D eigenvalue weighted by Crippen LogP contribution is 2.20. The summed E-state index contributed by atoms with van der Waals surface area (Å²) in [5.74, 6) is -0.990. The number of hydrogen-bond donors (Lipinski definition) is 1. The topological polar surface area (TPSA) is 53.7 Å². The molecule has 0 amide bonds. The minimum atomic E-state index is -1.02. The smallest absolute Gasteiger partial charge is 0.372 e. The van der Waals surface area contributed by atoms with Crippen LogP contribution in [0.4, 0.5) is 5.69 Å². The maximum absolute atomic E-state index is 11.1. The standard InChI is InChI=1S/C16H19NO3/c1-2-3-10-17(14-7-5-4-6-8-14)12-13-9-11-20-15(13)16(18)19/h4-9,11H,2-3,10,12H2,1H3,(H,18,19). The Morgan fingerprint density at radius 3 is 2.65 bits per heavy atom. The number of furan rings is 1. The molecule has 0 aliphatic heterocycles. The van der Waals surface area contributed by atoms with Gasteiger partial charge in [0.15, 0.2) is 0 Å². The first-order valence-corrected chi connectivity index (χ1v) is 6.82. The Hall–Kier alpha value is -2.23. The number of carbonyl (C=O) groups is 1. The number of para-hydroxylation sites is 1. The third-order valence-corrected chi connectivity index (χ3v) is 3.21. The highest BCUT2D eigenvalue weighted by atomic mass is 16.4. The fraction of sp³-hybridized carbons (Fsp3) is 0.312. The second kappa shape index (κ2) is 6.80. The van der Waals surface area contributed by atoms with Crippen LogP contribution in [0.5, 0.6) is 0 Å². The van der Waals surface area contributed by atoms with Crippen LogP contribution in [0.25, 0.3) is 0 Å². The predicted octanol–water partition coefficient (Wildman–Crippen LogP) is 3.78. The van der Waals surface area contributed by atoms with Crippen LogP contribution < -0.4 is 4.90 Å². The van der Waals surface area contributed by atoms with E-state index in [1.807, 2.05) is 30.3 Å². The number of aromatic carboxylic acids is 1. The number of carboxylic acids is 1. The molecule has 0 spiro atoms. The highest BCUT2D eigenvalue weighted by molar-refractivity contribution is 5.86. The van der Waals surface area contributed by atoms with Gasteiger partial charge in [-0.25, -0.2) is 4.79 Å². The molecule has 0 saturated heterocycles. The van der Waals surface area contributed by atoms with Gasteiger partial charge in [-0.15, -0.1) is 0 Å². The lowest BCUT2D eigenvalue weighted by atomic mass is 10.2. The van der Waals surface area contributed by atoms with Crippen molar-refractivity contribution in [2.24, 2.45) is 0 Å². The molecule has 1 heterocycles. The first-order chi connectivity index (χ1) is 9.72. The van der Waals surface area contributed by atoms with Crippen LogP contribution in [0, 0.1) is 0 Å². The van der Waals surface area contributed by atoms with Crippen molar-refractivity contribution in [1.82, 2.24) is 0 Å². The Bertz CT molecular complexity index is 548. The number of rotatable bonds is 7. The molecule has 0 unspecified atom stereocenters. The number of unbranched alkanes of at least 4 members (excludes halogenated alkanes) is 1. The molecule has 0 aliphatic carbocycles. The van der Waals surface area contributed by atoms with Crippen LogP contribution in [0.3, 0.4) is 0 Å². The van der Waals surface area contributed by atoms with E-state index in [4.69, 9.17) is 9.52 Å². The molecule has 0 radical (unpaired) electrons. The molecule has 1 aromatic carbocycles. The van der Waals surface area contributed by atoms with Gasteiger partial charge in [-0.05, 0) is 24.6 Å². The van der Waals surface area contributed by atoms with E-state index in [-0.39, 0.29) is 5.76 Å². The summed E-state index contributed by atoms with van der Waals surface area (Å²) < 4.78 is 5.04. The SMILES string of the molecule is CCCCN(Cc1ccoc1C(=O)O)c1ccccc1. The van der Waals surface area contributed by atoms with Crippen molar-refractivity contribution in [3.8, 4) is 0 Å². The summed E-state index contributed by atoms with van der Waals surface area (Å²) in [5.41, 5.74) is 1.80. The van der Waals surface area contributed by atoms with Crippen molar-refractivity contribution in [2.45, 2.75) is 26.3 Å². The summed E-state index contributed by atoms with van der Waals surface area (Å²) in [7, 11) is 0. The van der Waals surface area contributed by atoms with Gasteiger partial charge < -0.3 is 14.4 Å². The number of benzene rings is 1. The van der Waals surface area contributed by atoms with Crippen LogP contribution in [0.15, 0.2) is 47.1 Å². The van der Waals surface area contributed by atoms with Crippen molar-refractivity contribution in [3.63, 3.8) is 0 Å². The monoisotopic (exact) mass is 273 g/mol. The average molecular weight is 273 g/mol. The third-order valence-electron chi connectivity index (χ3n) is 3.21. The summed E-state index contributed by atoms with van der Waals surface area (Å²) in [6.07, 6.45) is 3.59. The summed E-state index contributed by atoms with van der Waals surface area (Å²) in [5, 5.41) is 9.10. The molecule has 4 heteroatoms. The maximum atomic E-state index is 11.1. The van der Waals surface area contributed by atoms with Crippen molar-refractivity contribution in [1.29, 1.82) is 0 Å². The summed E-state index contributed by atoms with van der Waals surface area (Å²) in [4.78, 5) is 13.3. The Kier molecular flexibility index (Phi) is 4.82. The van der Waals surface area contributed by atoms with Gasteiger partial charge in [-0.1, -0.05) is 31.5 Å². The second-order valence-corrected chi connectivity index (χ2v) is 4.69. The van der Waals surface area contributed by atoms with E-state index in [1.54, 1.807) is 6.07 Å². The molecule has 0 bridgehead atoms. The Morgan fingerprint density at radius 1 is 1.25 bits per heavy atom. The van der Waals surface area contributed by atoms with Crippen molar-refractivity contribution >= 4 is 11.7 Å². The minimum Gasteiger partial charge on any atom is -0.475 e. The highest BCUT2D eigenvalue weighted by Gasteiger charge is 2.16. The Morgan fingerprint density at radius 2 is 2.00 bits per heavy atom. The molecule has 0 fully saturated rings. The van der Waals surface area contributed by atoms with Gasteiger partial charge >= 0.3 is 5.97 Å². The fourth-order valence-corrected chi connectivity index (χ4v) is 2.14. The molecule has 2 rings (SSSR count). The van der Waals surface area contributed by atoms with Gasteiger partial charge in [0.1, 0.15) is 0 Å². The van der Waals surface area contributed by atoms with Gasteiger partial charge in [0, 0.05) is 24.3 Å². The van der Waals surface area contributed by atoms with E-state index in [0.29, 0.717) is 12.1 Å². The van der Waals surface area contributed by atoms with Gasteiger partial charge in [0.05, 0.1) is 6.26 Å². The molecule has 0 saturated carbocycles. The lowest BCUT2D eigenvalue weighted by Gasteiger charge is -2.24. The van der Waals surface area contributed by atoms with Gasteiger partial charge in [-0.2, -0.15) is 0 Å². The molecule has 2 aromatic rings. The number of hydrogen-bond acceptors (Lipinski definition) is 3. The van der Waals surface area contributed by atoms with E-state index in [9.17, 15) is 4.79 Å². The zero-order valence-electron chi connectivity index (χ0n) is 11.6. The third kappa shape index (κ3) is 3.41. The van der Waals surface area contributed by atoms with Crippen molar-refractivity contribution in [2.75, 3.05) is 11.4 Å². The number of carboxylic acid groups (broad SMARTS) is 1. The normalized spacial score (nSPS) is 10.4. The maximum Gasteiger partial charge on any atom is 0.372 e. The number of nitrogens with zero attached hydrogens (tertiary/aromatic N) is 1. The molecule has 4 nitrogen and oxygen atoms in total. The predicted molar refractivity (Wildman–Crippen MR) is 78.1 cm³/mol. The lowest BCUT2D eigenvalue weighted by molar-refractivity contribution is 0.0661. The first kappa shape index (κ1) is 14.2. The molecule has 1 aromatic heterocycles. The van der Waals surface area contributed by atoms with Gasteiger partial charge in [0.25, 0.3) is 0 Å². The molecule has 0 atom stereocenters. The second-order valence-electron chi connectivity index (χ2n) is 4.69. The van der Waals surface area contributed by atoms with Crippen molar-refractivity contribution in [3.05, 3.63) is 54.0 Å². The van der Waals surface area contributed by atoms with Crippen LogP contribution in [0.1, 0.15) is 35.9 Å². The first-order valence-electron chi connectivity index (χ1n) is 6.82. The van der Waals surface area contributed by atoms with Crippen LogP contribution in [-0.2, 0) is 6.54 Å². The summed E-state index contributed by atoms with van der Waals surface area (Å²) in [6.45, 7) is 3.58. The van der Waals surface area contributed by atoms with Crippen LogP contribution in [0.2, 0.25) is 0 Å². The molecule has 0 aliphatic rings. The molecule has 1 N–H and O–H groups in total. The average Bonchev–Trinajstić information content (AvgIpc) is 2.92. The quantitative estimate of drug-likeness (QED) is 0.834. The van der Waals surface area contributed by atoms with Crippen molar-refractivity contribution < 1.29 is 14.3 Å². The van der Waals surface area contributed by atoms with Crippen LogP contribution in [-0.4, -0.2) is 17.6 Å². The summed E-state index contributed by atoms with van der Waals surface area (Å²) >= 11 is 0.